The van der Waals surface area contributed by atoms with Crippen LogP contribution in [0.5, 0.6) is 5.75 Å². The highest BCUT2D eigenvalue weighted by Gasteiger charge is 2.40. The molecule has 0 saturated carbocycles. The Morgan fingerprint density at radius 3 is 2.65 bits per heavy atom. The van der Waals surface area contributed by atoms with Gasteiger partial charge in [-0.15, -0.1) is 0 Å². The van der Waals surface area contributed by atoms with Gasteiger partial charge < -0.3 is 19.0 Å². The zero-order chi connectivity index (χ0) is 24.9. The summed E-state index contributed by atoms with van der Waals surface area (Å²) in [6, 6.07) is 8.93. The first-order valence-electron chi connectivity index (χ1n) is 10.6. The minimum Gasteiger partial charge on any atom is -0.462 e. The number of carbonyl (C=O) groups excluding carboxylic acids is 1. The predicted octanol–water partition coefficient (Wildman–Crippen LogP) is 5.03. The minimum absolute atomic E-state index is 0.0155. The van der Waals surface area contributed by atoms with Crippen molar-refractivity contribution < 1.29 is 32.3 Å². The SMILES string of the molecule is CC(C)OC(=O)[C@H](C)NP(=O)(OC[C@@H]1C[C@H](F)[C@H](n2ccc(=S)[nH]c2=S)O1)Oc1ccccc1. The molecule has 0 spiro atoms. The molecule has 186 valence electrons. The van der Waals surface area contributed by atoms with E-state index in [2.05, 4.69) is 10.1 Å². The number of aromatic amines is 1. The fraction of sp³-hybridized carbons (Fsp3) is 0.476. The molecular formula is C21H27FN3O6PS2. The number of alkyl halides is 1. The Kier molecular flexibility index (Phi) is 9.14. The van der Waals surface area contributed by atoms with Gasteiger partial charge in [0.1, 0.15) is 22.6 Å². The third-order valence-electron chi connectivity index (χ3n) is 4.71. The van der Waals surface area contributed by atoms with Gasteiger partial charge in [-0.25, -0.2) is 8.96 Å². The number of benzene rings is 1. The first kappa shape index (κ1) is 26.7. The van der Waals surface area contributed by atoms with E-state index < -0.39 is 38.3 Å². The number of esters is 1. The van der Waals surface area contributed by atoms with E-state index in [-0.39, 0.29) is 29.7 Å². The number of hydrogen-bond donors (Lipinski definition) is 2. The molecule has 5 atom stereocenters. The maximum Gasteiger partial charge on any atom is 0.459 e. The molecule has 1 aromatic heterocycles. The third-order valence-corrected chi connectivity index (χ3v) is 6.91. The maximum absolute atomic E-state index is 14.7. The molecule has 2 N–H and O–H groups in total. The summed E-state index contributed by atoms with van der Waals surface area (Å²) in [4.78, 5) is 15.0. The Labute approximate surface area is 207 Å². The van der Waals surface area contributed by atoms with Gasteiger partial charge in [0.15, 0.2) is 11.0 Å². The summed E-state index contributed by atoms with van der Waals surface area (Å²) in [5.74, 6) is -0.352. The van der Waals surface area contributed by atoms with Crippen LogP contribution in [-0.4, -0.2) is 46.5 Å². The number of carbonyl (C=O) groups is 1. The molecule has 3 rings (SSSR count). The highest BCUT2D eigenvalue weighted by Crippen LogP contribution is 2.46. The Balaban J connectivity index is 1.71. The number of H-pyrrole nitrogens is 1. The molecule has 1 aliphatic rings. The van der Waals surface area contributed by atoms with Gasteiger partial charge in [-0.05, 0) is 51.2 Å². The number of aromatic nitrogens is 2. The number of hydrogen-bond acceptors (Lipinski definition) is 8. The molecule has 1 unspecified atom stereocenters. The van der Waals surface area contributed by atoms with Crippen molar-refractivity contribution in [1.29, 1.82) is 0 Å². The van der Waals surface area contributed by atoms with Crippen LogP contribution in [0, 0.1) is 9.41 Å². The topological polar surface area (TPSA) is 104 Å². The van der Waals surface area contributed by atoms with Crippen LogP contribution in [-0.2, 0) is 23.4 Å². The van der Waals surface area contributed by atoms with Gasteiger partial charge in [0.2, 0.25) is 0 Å². The van der Waals surface area contributed by atoms with E-state index in [1.165, 1.54) is 11.5 Å². The first-order chi connectivity index (χ1) is 16.1. The summed E-state index contributed by atoms with van der Waals surface area (Å²) < 4.78 is 52.4. The molecule has 9 nitrogen and oxygen atoms in total. The molecular weight excluding hydrogens is 504 g/mol. The van der Waals surface area contributed by atoms with Crippen LogP contribution in [0.1, 0.15) is 33.4 Å². The number of ether oxygens (including phenoxy) is 2. The lowest BCUT2D eigenvalue weighted by molar-refractivity contribution is -0.149. The Morgan fingerprint density at radius 1 is 1.29 bits per heavy atom. The molecule has 1 aromatic carbocycles. The highest BCUT2D eigenvalue weighted by atomic mass is 32.1. The average Bonchev–Trinajstić information content (AvgIpc) is 3.13. The van der Waals surface area contributed by atoms with Gasteiger partial charge in [-0.1, -0.05) is 30.4 Å². The normalized spacial score (nSPS) is 22.8. The van der Waals surface area contributed by atoms with Crippen LogP contribution in [0.25, 0.3) is 0 Å². The van der Waals surface area contributed by atoms with E-state index >= 15 is 0 Å². The second kappa shape index (κ2) is 11.7. The molecule has 0 radical (unpaired) electrons. The van der Waals surface area contributed by atoms with Crippen molar-refractivity contribution in [3.8, 4) is 5.75 Å². The van der Waals surface area contributed by atoms with Gasteiger partial charge in [0.05, 0.1) is 18.8 Å². The van der Waals surface area contributed by atoms with Crippen molar-refractivity contribution in [2.75, 3.05) is 6.61 Å². The lowest BCUT2D eigenvalue weighted by Crippen LogP contribution is -2.36. The van der Waals surface area contributed by atoms with E-state index in [9.17, 15) is 13.8 Å². The lowest BCUT2D eigenvalue weighted by atomic mass is 10.2. The summed E-state index contributed by atoms with van der Waals surface area (Å²) >= 11 is 10.2. The monoisotopic (exact) mass is 531 g/mol. The number of rotatable bonds is 10. The summed E-state index contributed by atoms with van der Waals surface area (Å²) in [6.07, 6.45) is -1.93. The standard InChI is InChI=1S/C21H27FN3O6PS2/c1-13(2)29-20(26)14(3)24-32(27,31-15-7-5-4-6-8-15)28-12-16-11-17(22)19(30-16)25-10-9-18(33)23-21(25)34/h4-10,13-14,16-17,19H,11-12H2,1-3H3,(H,24,27)(H,23,33,34)/t14-,16-,17-,19+,32?/m0/s1. The number of para-hydroxylation sites is 1. The molecule has 13 heteroatoms. The largest absolute Gasteiger partial charge is 0.462 e. The molecule has 2 aromatic rings. The van der Waals surface area contributed by atoms with Gasteiger partial charge in [0, 0.05) is 12.6 Å². The molecule has 2 heterocycles. The molecule has 1 fully saturated rings. The lowest BCUT2D eigenvalue weighted by Gasteiger charge is -2.24. The predicted molar refractivity (Wildman–Crippen MR) is 128 cm³/mol. The van der Waals surface area contributed by atoms with Crippen molar-refractivity contribution in [2.24, 2.45) is 0 Å². The van der Waals surface area contributed by atoms with E-state index in [1.54, 1.807) is 56.4 Å². The number of nitrogens with one attached hydrogen (secondary N) is 2. The van der Waals surface area contributed by atoms with Gasteiger partial charge in [0.25, 0.3) is 0 Å². The van der Waals surface area contributed by atoms with Crippen LogP contribution >= 0.6 is 32.2 Å². The second-order valence-corrected chi connectivity index (χ2v) is 10.5. The van der Waals surface area contributed by atoms with E-state index in [4.69, 9.17) is 43.0 Å². The van der Waals surface area contributed by atoms with Crippen molar-refractivity contribution >= 4 is 38.2 Å². The van der Waals surface area contributed by atoms with Crippen LogP contribution in [0.4, 0.5) is 4.39 Å². The van der Waals surface area contributed by atoms with Gasteiger partial charge in [-0.3, -0.25) is 13.9 Å². The molecule has 1 aliphatic heterocycles. The van der Waals surface area contributed by atoms with Crippen molar-refractivity contribution in [3.05, 3.63) is 52.0 Å². The minimum atomic E-state index is -4.08. The summed E-state index contributed by atoms with van der Waals surface area (Å²) in [7, 11) is -4.08. The number of nitrogens with zero attached hydrogens (tertiary/aromatic N) is 1. The van der Waals surface area contributed by atoms with Crippen LogP contribution in [0.3, 0.4) is 0 Å². The summed E-state index contributed by atoms with van der Waals surface area (Å²) in [6.45, 7) is 4.63. The van der Waals surface area contributed by atoms with Crippen LogP contribution < -0.4 is 9.61 Å². The fourth-order valence-electron chi connectivity index (χ4n) is 3.20. The average molecular weight is 532 g/mol. The first-order valence-corrected chi connectivity index (χ1v) is 13.0. The Morgan fingerprint density at radius 2 is 2.00 bits per heavy atom. The molecule has 34 heavy (non-hydrogen) atoms. The zero-order valence-electron chi connectivity index (χ0n) is 18.9. The van der Waals surface area contributed by atoms with Crippen molar-refractivity contribution in [2.45, 2.75) is 57.8 Å². The number of halogens is 1. The smallest absolute Gasteiger partial charge is 0.459 e. The second-order valence-electron chi connectivity index (χ2n) is 7.95. The molecule has 0 bridgehead atoms. The van der Waals surface area contributed by atoms with Crippen molar-refractivity contribution in [1.82, 2.24) is 14.6 Å². The van der Waals surface area contributed by atoms with Crippen molar-refractivity contribution in [3.63, 3.8) is 0 Å². The van der Waals surface area contributed by atoms with E-state index in [1.807, 2.05) is 0 Å². The fourth-order valence-corrected chi connectivity index (χ4v) is 5.21. The third kappa shape index (κ3) is 7.27. The summed E-state index contributed by atoms with van der Waals surface area (Å²) in [5.41, 5.74) is 0. The quantitative estimate of drug-likeness (QED) is 0.248. The summed E-state index contributed by atoms with van der Waals surface area (Å²) in [5, 5.41) is 2.59. The van der Waals surface area contributed by atoms with Crippen LogP contribution in [0.15, 0.2) is 42.6 Å². The Hall–Kier alpha value is -1.95. The maximum atomic E-state index is 14.7. The van der Waals surface area contributed by atoms with Gasteiger partial charge >= 0.3 is 13.7 Å². The van der Waals surface area contributed by atoms with E-state index in [0.717, 1.165) is 0 Å². The molecule has 0 amide bonds. The zero-order valence-corrected chi connectivity index (χ0v) is 21.4. The van der Waals surface area contributed by atoms with Crippen LogP contribution in [0.2, 0.25) is 0 Å². The Bertz CT molecular complexity index is 1150. The molecule has 0 aliphatic carbocycles. The molecule has 1 saturated heterocycles. The van der Waals surface area contributed by atoms with Gasteiger partial charge in [-0.2, -0.15) is 5.09 Å². The van der Waals surface area contributed by atoms with E-state index in [0.29, 0.717) is 4.64 Å². The highest BCUT2D eigenvalue weighted by molar-refractivity contribution is 7.72.